The van der Waals surface area contributed by atoms with Gasteiger partial charge in [0, 0.05) is 5.56 Å². The molecule has 1 rings (SSSR count). The smallest absolute Gasteiger partial charge is 0.349 e. The summed E-state index contributed by atoms with van der Waals surface area (Å²) in [5.74, 6) is 0.117. The Morgan fingerprint density at radius 3 is 2.41 bits per heavy atom. The summed E-state index contributed by atoms with van der Waals surface area (Å²) in [6.45, 7) is 5.25. The van der Waals surface area contributed by atoms with Crippen molar-refractivity contribution in [3.63, 3.8) is 0 Å². The Labute approximate surface area is 171 Å². The zero-order chi connectivity index (χ0) is 21.9. The average Bonchev–Trinajstić information content (AvgIpc) is 2.73. The highest BCUT2D eigenvalue weighted by Gasteiger charge is 2.26. The first-order valence-corrected chi connectivity index (χ1v) is 9.13. The number of ether oxygens (including phenoxy) is 4. The molecule has 0 unspecified atom stereocenters. The van der Waals surface area contributed by atoms with Crippen molar-refractivity contribution in [2.75, 3.05) is 27.4 Å². The first-order valence-electron chi connectivity index (χ1n) is 9.13. The number of carbonyl (C=O) groups is 2. The fourth-order valence-corrected chi connectivity index (χ4v) is 2.05. The fourth-order valence-electron chi connectivity index (χ4n) is 2.05. The minimum Gasteiger partial charge on any atom is -0.497 e. The summed E-state index contributed by atoms with van der Waals surface area (Å²) >= 11 is 0. The van der Waals surface area contributed by atoms with Gasteiger partial charge in [-0.15, -0.1) is 0 Å². The third-order valence-corrected chi connectivity index (χ3v) is 4.30. The van der Waals surface area contributed by atoms with E-state index in [2.05, 4.69) is 0 Å². The molecule has 156 valence electrons. The van der Waals surface area contributed by atoms with E-state index in [4.69, 9.17) is 18.9 Å². The van der Waals surface area contributed by atoms with Gasteiger partial charge in [0.15, 0.2) is 0 Å². The lowest BCUT2D eigenvalue weighted by atomic mass is 9.91. The van der Waals surface area contributed by atoms with Crippen LogP contribution in [0, 0.1) is 16.7 Å². The first-order chi connectivity index (χ1) is 13.8. The molecule has 29 heavy (non-hydrogen) atoms. The van der Waals surface area contributed by atoms with Gasteiger partial charge in [-0.05, 0) is 44.5 Å². The fraction of sp³-hybridized carbons (Fsp3) is 0.409. The van der Waals surface area contributed by atoms with Crippen LogP contribution in [0.5, 0.6) is 11.5 Å². The Balaban J connectivity index is 2.67. The molecular weight excluding hydrogens is 374 g/mol. The van der Waals surface area contributed by atoms with E-state index >= 15 is 0 Å². The van der Waals surface area contributed by atoms with Gasteiger partial charge in [-0.25, -0.2) is 4.79 Å². The topological polar surface area (TPSA) is 94.9 Å². The van der Waals surface area contributed by atoms with Crippen molar-refractivity contribution < 1.29 is 28.5 Å². The van der Waals surface area contributed by atoms with E-state index in [9.17, 15) is 14.9 Å². The van der Waals surface area contributed by atoms with Crippen molar-refractivity contribution in [1.29, 1.82) is 5.26 Å². The lowest BCUT2D eigenvalue weighted by Crippen LogP contribution is -2.27. The van der Waals surface area contributed by atoms with Gasteiger partial charge in [0.1, 0.15) is 36.4 Å². The highest BCUT2D eigenvalue weighted by Crippen LogP contribution is 2.25. The van der Waals surface area contributed by atoms with Crippen LogP contribution in [0.1, 0.15) is 32.8 Å². The Kier molecular flexibility index (Phi) is 9.46. The summed E-state index contributed by atoms with van der Waals surface area (Å²) in [5, 5.41) is 9.18. The van der Waals surface area contributed by atoms with Gasteiger partial charge < -0.3 is 18.9 Å². The van der Waals surface area contributed by atoms with Crippen LogP contribution in [0.4, 0.5) is 0 Å². The van der Waals surface area contributed by atoms with Crippen LogP contribution in [0.25, 0.3) is 6.08 Å². The number of nitrogens with zero attached hydrogens (tertiary/aromatic N) is 1. The monoisotopic (exact) mass is 401 g/mol. The van der Waals surface area contributed by atoms with Crippen molar-refractivity contribution >= 4 is 18.0 Å². The molecule has 0 saturated heterocycles. The third-order valence-electron chi connectivity index (χ3n) is 4.30. The van der Waals surface area contributed by atoms with Gasteiger partial charge in [-0.2, -0.15) is 5.26 Å². The molecular formula is C22H27NO6. The predicted octanol–water partition coefficient (Wildman–Crippen LogP) is 3.69. The molecule has 0 aliphatic carbocycles. The molecule has 1 aromatic carbocycles. The molecule has 0 aromatic heterocycles. The normalized spacial score (nSPS) is 11.7. The van der Waals surface area contributed by atoms with Crippen LogP contribution in [0.15, 0.2) is 35.9 Å². The highest BCUT2D eigenvalue weighted by atomic mass is 16.6. The molecule has 0 radical (unpaired) electrons. The van der Waals surface area contributed by atoms with Gasteiger partial charge in [-0.3, -0.25) is 4.79 Å². The van der Waals surface area contributed by atoms with E-state index in [0.29, 0.717) is 17.9 Å². The Morgan fingerprint density at radius 2 is 1.83 bits per heavy atom. The van der Waals surface area contributed by atoms with Gasteiger partial charge >= 0.3 is 11.9 Å². The quantitative estimate of drug-likeness (QED) is 0.194. The van der Waals surface area contributed by atoms with Gasteiger partial charge in [0.05, 0.1) is 19.6 Å². The number of methoxy groups -OCH3 is 2. The SMILES string of the molecule is CCC(C)(C)C(=O)OCCOC(=O)/C(C#N)=C/C=C/c1cc(OC)ccc1OC. The molecule has 0 fully saturated rings. The molecule has 0 heterocycles. The number of hydrogen-bond acceptors (Lipinski definition) is 7. The van der Waals surface area contributed by atoms with Gasteiger partial charge in [0.25, 0.3) is 0 Å². The summed E-state index contributed by atoms with van der Waals surface area (Å²) in [4.78, 5) is 23.9. The lowest BCUT2D eigenvalue weighted by molar-refractivity contribution is -0.158. The van der Waals surface area contributed by atoms with Crippen LogP contribution in [-0.2, 0) is 19.1 Å². The molecule has 0 atom stereocenters. The van der Waals surface area contributed by atoms with Crippen molar-refractivity contribution in [3.8, 4) is 17.6 Å². The minimum absolute atomic E-state index is 0.0659. The molecule has 0 bridgehead atoms. The average molecular weight is 401 g/mol. The molecule has 0 saturated carbocycles. The Morgan fingerprint density at radius 1 is 1.14 bits per heavy atom. The number of benzene rings is 1. The molecule has 0 amide bonds. The highest BCUT2D eigenvalue weighted by molar-refractivity contribution is 5.93. The largest absolute Gasteiger partial charge is 0.497 e. The summed E-state index contributed by atoms with van der Waals surface area (Å²) in [6, 6.07) is 7.07. The molecule has 7 heteroatoms. The third kappa shape index (κ3) is 7.34. The van der Waals surface area contributed by atoms with Gasteiger partial charge in [-0.1, -0.05) is 19.1 Å². The van der Waals surface area contributed by atoms with Crippen molar-refractivity contribution in [1.82, 2.24) is 0 Å². The standard InChI is InChI=1S/C22H27NO6/c1-6-22(2,3)21(25)29-13-12-28-20(24)17(15-23)9-7-8-16-14-18(26-4)10-11-19(16)27-5/h7-11,14H,6,12-13H2,1-5H3/b8-7+,17-9+. The van der Waals surface area contributed by atoms with Crippen LogP contribution < -0.4 is 9.47 Å². The van der Waals surface area contributed by atoms with Crippen LogP contribution >= 0.6 is 0 Å². The predicted molar refractivity (Wildman–Crippen MR) is 108 cm³/mol. The number of carbonyl (C=O) groups excluding carboxylic acids is 2. The second-order valence-electron chi connectivity index (χ2n) is 6.67. The molecule has 0 spiro atoms. The number of hydrogen-bond donors (Lipinski definition) is 0. The molecule has 1 aromatic rings. The van der Waals surface area contributed by atoms with Crippen LogP contribution in [-0.4, -0.2) is 39.4 Å². The maximum atomic E-state index is 12.0. The number of esters is 2. The number of nitriles is 1. The van der Waals surface area contributed by atoms with E-state index in [-0.39, 0.29) is 24.8 Å². The summed E-state index contributed by atoms with van der Waals surface area (Å²) in [7, 11) is 3.10. The summed E-state index contributed by atoms with van der Waals surface area (Å²) in [6.07, 6.45) is 5.20. The van der Waals surface area contributed by atoms with Crippen molar-refractivity contribution in [2.24, 2.45) is 5.41 Å². The molecule has 0 aliphatic heterocycles. The van der Waals surface area contributed by atoms with Crippen molar-refractivity contribution in [2.45, 2.75) is 27.2 Å². The molecule has 0 N–H and O–H groups in total. The lowest BCUT2D eigenvalue weighted by Gasteiger charge is -2.20. The zero-order valence-electron chi connectivity index (χ0n) is 17.5. The van der Waals surface area contributed by atoms with Gasteiger partial charge in [0.2, 0.25) is 0 Å². The van der Waals surface area contributed by atoms with E-state index in [1.807, 2.05) is 6.92 Å². The maximum Gasteiger partial charge on any atom is 0.349 e. The van der Waals surface area contributed by atoms with E-state index < -0.39 is 11.4 Å². The minimum atomic E-state index is -0.791. The van der Waals surface area contributed by atoms with Crippen molar-refractivity contribution in [3.05, 3.63) is 41.5 Å². The van der Waals surface area contributed by atoms with Crippen LogP contribution in [0.3, 0.4) is 0 Å². The maximum absolute atomic E-state index is 12.0. The number of allylic oxidation sites excluding steroid dienone is 2. The van der Waals surface area contributed by atoms with E-state index in [0.717, 1.165) is 5.56 Å². The zero-order valence-corrected chi connectivity index (χ0v) is 17.5. The van der Waals surface area contributed by atoms with Crippen LogP contribution in [0.2, 0.25) is 0 Å². The molecule has 0 aliphatic rings. The molecule has 7 nitrogen and oxygen atoms in total. The van der Waals surface area contributed by atoms with E-state index in [1.54, 1.807) is 64.5 Å². The Bertz CT molecular complexity index is 817. The number of rotatable bonds is 10. The first kappa shape index (κ1) is 23.8. The summed E-state index contributed by atoms with van der Waals surface area (Å²) in [5.41, 5.74) is -0.0456. The second kappa shape index (κ2) is 11.5. The summed E-state index contributed by atoms with van der Waals surface area (Å²) < 4.78 is 20.5. The Hall–Kier alpha value is -3.27. The second-order valence-corrected chi connectivity index (χ2v) is 6.67. The van der Waals surface area contributed by atoms with E-state index in [1.165, 1.54) is 6.08 Å².